The number of hydrogen-bond donors (Lipinski definition) is 1. The van der Waals surface area contributed by atoms with Crippen molar-refractivity contribution in [2.75, 3.05) is 0 Å². The molecule has 0 saturated heterocycles. The fraction of sp³-hybridized carbons (Fsp3) is 0.364. The maximum absolute atomic E-state index is 5.22. The summed E-state index contributed by atoms with van der Waals surface area (Å²) in [6.07, 6.45) is 1.78. The highest BCUT2D eigenvalue weighted by Gasteiger charge is 2.13. The Morgan fingerprint density at radius 1 is 1.44 bits per heavy atom. The summed E-state index contributed by atoms with van der Waals surface area (Å²) in [5.74, 6) is 0.852. The molecule has 0 atom stereocenters. The highest BCUT2D eigenvalue weighted by molar-refractivity contribution is 7.71. The van der Waals surface area contributed by atoms with Gasteiger partial charge in [-0.05, 0) is 45.1 Å². The van der Waals surface area contributed by atoms with Gasteiger partial charge >= 0.3 is 0 Å². The van der Waals surface area contributed by atoms with E-state index < -0.39 is 0 Å². The minimum Gasteiger partial charge on any atom is -0.298 e. The average Bonchev–Trinajstić information content (AvgIpc) is 2.61. The molecule has 0 fully saturated rings. The summed E-state index contributed by atoms with van der Waals surface area (Å²) in [5, 5.41) is 7.11. The van der Waals surface area contributed by atoms with Crippen LogP contribution in [0.3, 0.4) is 0 Å². The molecule has 2 aromatic rings. The molecule has 2 rings (SSSR count). The number of pyridine rings is 1. The summed E-state index contributed by atoms with van der Waals surface area (Å²) in [7, 11) is 0. The van der Waals surface area contributed by atoms with Gasteiger partial charge in [0.2, 0.25) is 0 Å². The van der Waals surface area contributed by atoms with Gasteiger partial charge in [0.15, 0.2) is 10.6 Å². The van der Waals surface area contributed by atoms with Crippen molar-refractivity contribution in [2.45, 2.75) is 26.8 Å². The van der Waals surface area contributed by atoms with Crippen molar-refractivity contribution in [2.24, 2.45) is 0 Å². The molecule has 2 aromatic heterocycles. The van der Waals surface area contributed by atoms with Gasteiger partial charge in [-0.25, -0.2) is 0 Å². The third kappa shape index (κ3) is 1.78. The predicted octanol–water partition coefficient (Wildman–Crippen LogP) is 2.89. The van der Waals surface area contributed by atoms with Crippen LogP contribution in [0.1, 0.15) is 25.6 Å². The summed E-state index contributed by atoms with van der Waals surface area (Å²) in [6, 6.07) is 4.19. The van der Waals surface area contributed by atoms with Gasteiger partial charge in [-0.2, -0.15) is 5.10 Å². The Kier molecular flexibility index (Phi) is 2.87. The fourth-order valence-electron chi connectivity index (χ4n) is 1.69. The molecule has 16 heavy (non-hydrogen) atoms. The molecule has 0 aliphatic carbocycles. The van der Waals surface area contributed by atoms with Crippen molar-refractivity contribution in [3.63, 3.8) is 0 Å². The Balaban J connectivity index is 2.66. The lowest BCUT2D eigenvalue weighted by Gasteiger charge is -2.11. The van der Waals surface area contributed by atoms with E-state index in [9.17, 15) is 0 Å². The first-order chi connectivity index (χ1) is 7.61. The van der Waals surface area contributed by atoms with Gasteiger partial charge in [-0.15, -0.1) is 0 Å². The molecule has 0 bridgehead atoms. The maximum atomic E-state index is 5.22. The number of aromatic nitrogens is 4. The lowest BCUT2D eigenvalue weighted by atomic mass is 10.2. The summed E-state index contributed by atoms with van der Waals surface area (Å²) >= 11 is 5.22. The van der Waals surface area contributed by atoms with Gasteiger partial charge in [-0.3, -0.25) is 14.6 Å². The summed E-state index contributed by atoms with van der Waals surface area (Å²) < 4.78 is 2.65. The topological polar surface area (TPSA) is 46.5 Å². The number of nitrogens with zero attached hydrogens (tertiary/aromatic N) is 3. The molecule has 0 amide bonds. The Morgan fingerprint density at radius 2 is 2.19 bits per heavy atom. The number of aromatic amines is 1. The van der Waals surface area contributed by atoms with Crippen LogP contribution in [0.25, 0.3) is 11.4 Å². The van der Waals surface area contributed by atoms with Crippen LogP contribution in [0.4, 0.5) is 0 Å². The minimum atomic E-state index is 0.279. The third-order valence-electron chi connectivity index (χ3n) is 2.47. The largest absolute Gasteiger partial charge is 0.298 e. The SMILES string of the molecule is Cc1ncccc1-c1n[nH]c(=S)n1C(C)C. The van der Waals surface area contributed by atoms with Crippen LogP contribution in [-0.2, 0) is 0 Å². The number of rotatable bonds is 2. The van der Waals surface area contributed by atoms with Crippen molar-refractivity contribution in [3.05, 3.63) is 28.8 Å². The second-order valence-corrected chi connectivity index (χ2v) is 4.34. The van der Waals surface area contributed by atoms with Crippen molar-refractivity contribution in [1.82, 2.24) is 19.7 Å². The lowest BCUT2D eigenvalue weighted by molar-refractivity contribution is 0.596. The molecule has 5 heteroatoms. The fourth-order valence-corrected chi connectivity index (χ4v) is 2.04. The van der Waals surface area contributed by atoms with Crippen molar-refractivity contribution >= 4 is 12.2 Å². The highest BCUT2D eigenvalue weighted by Crippen LogP contribution is 2.22. The third-order valence-corrected chi connectivity index (χ3v) is 2.76. The molecule has 0 unspecified atom stereocenters. The van der Waals surface area contributed by atoms with E-state index >= 15 is 0 Å². The Labute approximate surface area is 99.4 Å². The molecule has 2 heterocycles. The van der Waals surface area contributed by atoms with Crippen LogP contribution in [0, 0.1) is 11.7 Å². The number of hydrogen-bond acceptors (Lipinski definition) is 3. The smallest absolute Gasteiger partial charge is 0.195 e. The quantitative estimate of drug-likeness (QED) is 0.813. The van der Waals surface area contributed by atoms with Crippen LogP contribution in [0.15, 0.2) is 18.3 Å². The molecule has 0 radical (unpaired) electrons. The second kappa shape index (κ2) is 4.17. The molecule has 84 valence electrons. The van der Waals surface area contributed by atoms with E-state index in [0.717, 1.165) is 17.1 Å². The zero-order chi connectivity index (χ0) is 11.7. The van der Waals surface area contributed by atoms with E-state index in [-0.39, 0.29) is 6.04 Å². The van der Waals surface area contributed by atoms with Crippen molar-refractivity contribution in [3.8, 4) is 11.4 Å². The van der Waals surface area contributed by atoms with Crippen molar-refractivity contribution < 1.29 is 0 Å². The van der Waals surface area contributed by atoms with Gasteiger partial charge in [0.05, 0.1) is 0 Å². The number of aryl methyl sites for hydroxylation is 1. The van der Waals surface area contributed by atoms with Gasteiger partial charge in [-0.1, -0.05) is 0 Å². The van der Waals surface area contributed by atoms with E-state index in [1.165, 1.54) is 0 Å². The van der Waals surface area contributed by atoms with E-state index in [1.54, 1.807) is 6.20 Å². The highest BCUT2D eigenvalue weighted by atomic mass is 32.1. The molecular formula is C11H14N4S. The molecule has 0 spiro atoms. The van der Waals surface area contributed by atoms with Gasteiger partial charge in [0, 0.05) is 23.5 Å². The summed E-state index contributed by atoms with van der Waals surface area (Å²) in [6.45, 7) is 6.14. The zero-order valence-corrected chi connectivity index (χ0v) is 10.4. The normalized spacial score (nSPS) is 11.0. The van der Waals surface area contributed by atoms with Gasteiger partial charge in [0.25, 0.3) is 0 Å². The van der Waals surface area contributed by atoms with E-state index in [4.69, 9.17) is 12.2 Å². The molecular weight excluding hydrogens is 220 g/mol. The summed E-state index contributed by atoms with van der Waals surface area (Å²) in [4.78, 5) is 4.26. The first kappa shape index (κ1) is 11.0. The lowest BCUT2D eigenvalue weighted by Crippen LogP contribution is -2.04. The Bertz CT molecular complexity index is 553. The maximum Gasteiger partial charge on any atom is 0.195 e. The molecule has 0 aliphatic heterocycles. The van der Waals surface area contributed by atoms with Crippen LogP contribution in [0.2, 0.25) is 0 Å². The second-order valence-electron chi connectivity index (χ2n) is 3.95. The minimum absolute atomic E-state index is 0.279. The molecule has 4 nitrogen and oxygen atoms in total. The molecule has 0 saturated carbocycles. The van der Waals surface area contributed by atoms with E-state index in [2.05, 4.69) is 29.0 Å². The zero-order valence-electron chi connectivity index (χ0n) is 9.56. The standard InChI is InChI=1S/C11H14N4S/c1-7(2)15-10(13-14-11(15)16)9-5-4-6-12-8(9)3/h4-7H,1-3H3,(H,14,16). The number of H-pyrrole nitrogens is 1. The van der Waals surface area contributed by atoms with Gasteiger partial charge < -0.3 is 0 Å². The van der Waals surface area contributed by atoms with E-state index in [0.29, 0.717) is 4.77 Å². The van der Waals surface area contributed by atoms with Crippen LogP contribution < -0.4 is 0 Å². The van der Waals surface area contributed by atoms with E-state index in [1.807, 2.05) is 23.6 Å². The predicted molar refractivity (Wildman–Crippen MR) is 65.8 cm³/mol. The van der Waals surface area contributed by atoms with Crippen LogP contribution in [0.5, 0.6) is 0 Å². The van der Waals surface area contributed by atoms with Crippen LogP contribution in [-0.4, -0.2) is 19.7 Å². The first-order valence-electron chi connectivity index (χ1n) is 5.20. The molecule has 0 aliphatic rings. The first-order valence-corrected chi connectivity index (χ1v) is 5.61. The van der Waals surface area contributed by atoms with Gasteiger partial charge in [0.1, 0.15) is 0 Å². The van der Waals surface area contributed by atoms with Crippen molar-refractivity contribution in [1.29, 1.82) is 0 Å². The summed E-state index contributed by atoms with van der Waals surface area (Å²) in [5.41, 5.74) is 1.97. The molecule has 1 N–H and O–H groups in total. The Hall–Kier alpha value is -1.49. The monoisotopic (exact) mass is 234 g/mol. The molecule has 0 aromatic carbocycles. The average molecular weight is 234 g/mol. The number of nitrogens with one attached hydrogen (secondary N) is 1. The Morgan fingerprint density at radius 3 is 2.81 bits per heavy atom. The van der Waals surface area contributed by atoms with Crippen LogP contribution >= 0.6 is 12.2 Å².